The van der Waals surface area contributed by atoms with E-state index in [1.807, 2.05) is 48.5 Å². The van der Waals surface area contributed by atoms with E-state index in [4.69, 9.17) is 0 Å². The normalized spacial score (nSPS) is 13.0. The van der Waals surface area contributed by atoms with Gasteiger partial charge in [0.2, 0.25) is 0 Å². The van der Waals surface area contributed by atoms with E-state index < -0.39 is 0 Å². The van der Waals surface area contributed by atoms with Crippen molar-refractivity contribution in [2.75, 3.05) is 4.90 Å². The molecule has 112 valence electrons. The van der Waals surface area contributed by atoms with E-state index in [0.29, 0.717) is 6.42 Å². The highest BCUT2D eigenvalue weighted by atomic mass is 16.1. The van der Waals surface area contributed by atoms with Crippen LogP contribution in [-0.4, -0.2) is 5.78 Å². The lowest BCUT2D eigenvalue weighted by atomic mass is 10.1. The first kappa shape index (κ1) is 13.8. The zero-order chi connectivity index (χ0) is 15.6. The van der Waals surface area contributed by atoms with Gasteiger partial charge in [-0.1, -0.05) is 48.5 Å². The summed E-state index contributed by atoms with van der Waals surface area (Å²) in [6.07, 6.45) is 1.43. The monoisotopic (exact) mass is 299 g/mol. The highest BCUT2D eigenvalue weighted by Crippen LogP contribution is 2.39. The van der Waals surface area contributed by atoms with Crippen molar-refractivity contribution in [3.63, 3.8) is 0 Å². The number of para-hydroxylation sites is 2. The molecule has 3 aromatic rings. The molecule has 3 aromatic carbocycles. The molecule has 0 saturated heterocycles. The Morgan fingerprint density at radius 3 is 1.87 bits per heavy atom. The summed E-state index contributed by atoms with van der Waals surface area (Å²) in [6, 6.07) is 26.6. The van der Waals surface area contributed by atoms with Crippen LogP contribution in [0.1, 0.15) is 22.3 Å². The lowest BCUT2D eigenvalue weighted by Gasteiger charge is -2.27. The second-order valence-corrected chi connectivity index (χ2v) is 5.73. The van der Waals surface area contributed by atoms with Gasteiger partial charge < -0.3 is 4.90 Å². The molecule has 0 aliphatic heterocycles. The van der Waals surface area contributed by atoms with Crippen molar-refractivity contribution >= 4 is 22.8 Å². The van der Waals surface area contributed by atoms with Crippen LogP contribution in [0.15, 0.2) is 78.9 Å². The number of benzene rings is 3. The van der Waals surface area contributed by atoms with Gasteiger partial charge in [0.05, 0.1) is 5.69 Å². The number of ketones is 1. The number of Topliss-reactive ketones (excluding diaryl/α,β-unsaturated/α-hetero) is 1. The lowest BCUT2D eigenvalue weighted by Crippen LogP contribution is -2.12. The Kier molecular flexibility index (Phi) is 3.43. The van der Waals surface area contributed by atoms with E-state index in [2.05, 4.69) is 35.2 Å². The smallest absolute Gasteiger partial charge is 0.163 e. The Bertz CT molecular complexity index is 801. The molecule has 4 rings (SSSR count). The lowest BCUT2D eigenvalue weighted by molar-refractivity contribution is 0.0994. The van der Waals surface area contributed by atoms with Crippen molar-refractivity contribution in [1.82, 2.24) is 0 Å². The third-order valence-corrected chi connectivity index (χ3v) is 4.32. The van der Waals surface area contributed by atoms with E-state index in [-0.39, 0.29) is 5.78 Å². The number of anilines is 3. The van der Waals surface area contributed by atoms with Crippen molar-refractivity contribution in [2.24, 2.45) is 0 Å². The molecule has 2 heteroatoms. The molecule has 0 heterocycles. The highest BCUT2D eigenvalue weighted by Gasteiger charge is 2.25. The SMILES string of the molecule is O=C1CCc2c1cccc2N(c1ccccc1)c1ccccc1. The van der Waals surface area contributed by atoms with Gasteiger partial charge in [0.1, 0.15) is 0 Å². The van der Waals surface area contributed by atoms with Crippen molar-refractivity contribution in [3.8, 4) is 0 Å². The molecule has 0 unspecified atom stereocenters. The zero-order valence-corrected chi connectivity index (χ0v) is 12.8. The fourth-order valence-corrected chi connectivity index (χ4v) is 3.26. The molecule has 1 aliphatic rings. The van der Waals surface area contributed by atoms with Crippen molar-refractivity contribution in [1.29, 1.82) is 0 Å². The Labute approximate surface area is 136 Å². The van der Waals surface area contributed by atoms with Gasteiger partial charge in [-0.2, -0.15) is 0 Å². The molecule has 0 bridgehead atoms. The Hall–Kier alpha value is -2.87. The van der Waals surface area contributed by atoms with Crippen LogP contribution in [-0.2, 0) is 6.42 Å². The fourth-order valence-electron chi connectivity index (χ4n) is 3.26. The van der Waals surface area contributed by atoms with Gasteiger partial charge in [0.25, 0.3) is 0 Å². The predicted octanol–water partition coefficient (Wildman–Crippen LogP) is 5.29. The van der Waals surface area contributed by atoms with E-state index in [1.165, 1.54) is 0 Å². The molecule has 0 aromatic heterocycles. The Morgan fingerprint density at radius 2 is 1.26 bits per heavy atom. The highest BCUT2D eigenvalue weighted by molar-refractivity contribution is 6.02. The van der Waals surface area contributed by atoms with Crippen LogP contribution in [0, 0.1) is 0 Å². The van der Waals surface area contributed by atoms with Gasteiger partial charge >= 0.3 is 0 Å². The molecule has 1 aliphatic carbocycles. The third kappa shape index (κ3) is 2.42. The summed E-state index contributed by atoms with van der Waals surface area (Å²) in [5.41, 5.74) is 5.34. The first-order chi connectivity index (χ1) is 11.3. The third-order valence-electron chi connectivity index (χ3n) is 4.32. The van der Waals surface area contributed by atoms with Crippen LogP contribution in [0.3, 0.4) is 0 Å². The molecule has 0 radical (unpaired) electrons. The van der Waals surface area contributed by atoms with Gasteiger partial charge in [-0.25, -0.2) is 0 Å². The van der Waals surface area contributed by atoms with Gasteiger partial charge in [-0.3, -0.25) is 4.79 Å². The molecule has 0 fully saturated rings. The number of carbonyl (C=O) groups excluding carboxylic acids is 1. The Balaban J connectivity index is 1.93. The summed E-state index contributed by atoms with van der Waals surface area (Å²) in [5, 5.41) is 0. The molecule has 0 N–H and O–H groups in total. The van der Waals surface area contributed by atoms with Crippen LogP contribution >= 0.6 is 0 Å². The van der Waals surface area contributed by atoms with Crippen molar-refractivity contribution in [2.45, 2.75) is 12.8 Å². The molecular formula is C21H17NO. The van der Waals surface area contributed by atoms with Gasteiger partial charge in [0.15, 0.2) is 5.78 Å². The number of hydrogen-bond acceptors (Lipinski definition) is 2. The first-order valence-electron chi connectivity index (χ1n) is 7.90. The van der Waals surface area contributed by atoms with E-state index in [9.17, 15) is 4.79 Å². The van der Waals surface area contributed by atoms with Crippen LogP contribution < -0.4 is 4.90 Å². The second-order valence-electron chi connectivity index (χ2n) is 5.73. The summed E-state index contributed by atoms with van der Waals surface area (Å²) < 4.78 is 0. The van der Waals surface area contributed by atoms with Gasteiger partial charge in [0, 0.05) is 23.4 Å². The topological polar surface area (TPSA) is 20.3 Å². The Morgan fingerprint density at radius 1 is 0.652 bits per heavy atom. The quantitative estimate of drug-likeness (QED) is 0.655. The van der Waals surface area contributed by atoms with Crippen molar-refractivity contribution < 1.29 is 4.79 Å². The second kappa shape index (κ2) is 5.73. The minimum atomic E-state index is 0.253. The molecule has 2 nitrogen and oxygen atoms in total. The van der Waals surface area contributed by atoms with Crippen LogP contribution in [0.5, 0.6) is 0 Å². The maximum absolute atomic E-state index is 12.1. The molecule has 0 amide bonds. The van der Waals surface area contributed by atoms with E-state index >= 15 is 0 Å². The minimum absolute atomic E-state index is 0.253. The largest absolute Gasteiger partial charge is 0.310 e. The fraction of sp³-hybridized carbons (Fsp3) is 0.0952. The number of carbonyl (C=O) groups is 1. The standard InChI is InChI=1S/C21H17NO/c23-21-15-14-18-19(21)12-7-13-20(18)22(16-8-3-1-4-9-16)17-10-5-2-6-11-17/h1-13H,14-15H2. The molecule has 0 spiro atoms. The van der Waals surface area contributed by atoms with Gasteiger partial charge in [-0.05, 0) is 42.3 Å². The predicted molar refractivity (Wildman–Crippen MR) is 93.8 cm³/mol. The molecule has 0 saturated carbocycles. The summed E-state index contributed by atoms with van der Waals surface area (Å²) in [6.45, 7) is 0. The van der Waals surface area contributed by atoms with Crippen molar-refractivity contribution in [3.05, 3.63) is 90.0 Å². The number of fused-ring (bicyclic) bond motifs is 1. The van der Waals surface area contributed by atoms with Crippen LogP contribution in [0.2, 0.25) is 0 Å². The zero-order valence-electron chi connectivity index (χ0n) is 12.8. The number of hydrogen-bond donors (Lipinski definition) is 0. The maximum atomic E-state index is 12.1. The number of nitrogens with zero attached hydrogens (tertiary/aromatic N) is 1. The van der Waals surface area contributed by atoms with Crippen LogP contribution in [0.4, 0.5) is 17.1 Å². The maximum Gasteiger partial charge on any atom is 0.163 e. The van der Waals surface area contributed by atoms with Gasteiger partial charge in [-0.15, -0.1) is 0 Å². The summed E-state index contributed by atoms with van der Waals surface area (Å²) >= 11 is 0. The summed E-state index contributed by atoms with van der Waals surface area (Å²) in [4.78, 5) is 14.3. The molecular weight excluding hydrogens is 282 g/mol. The van der Waals surface area contributed by atoms with Crippen LogP contribution in [0.25, 0.3) is 0 Å². The first-order valence-corrected chi connectivity index (χ1v) is 7.90. The summed E-state index contributed by atoms with van der Waals surface area (Å²) in [7, 11) is 0. The van der Waals surface area contributed by atoms with E-state index in [1.54, 1.807) is 0 Å². The number of rotatable bonds is 3. The molecule has 23 heavy (non-hydrogen) atoms. The van der Waals surface area contributed by atoms with E-state index in [0.717, 1.165) is 34.6 Å². The average Bonchev–Trinajstić information content (AvgIpc) is 2.99. The summed E-state index contributed by atoms with van der Waals surface area (Å²) in [5.74, 6) is 0.253. The molecule has 0 atom stereocenters. The average molecular weight is 299 g/mol. The minimum Gasteiger partial charge on any atom is -0.310 e.